The summed E-state index contributed by atoms with van der Waals surface area (Å²) in [7, 11) is 0. The maximum absolute atomic E-state index is 11.1. The van der Waals surface area contributed by atoms with E-state index < -0.39 is 0 Å². The number of non-ortho nitro benzene ring substituents is 1. The first-order valence-electron chi connectivity index (χ1n) is 9.87. The predicted molar refractivity (Wildman–Crippen MR) is 109 cm³/mol. The number of nitrogens with zero attached hydrogens (tertiary/aromatic N) is 2. The smallest absolute Gasteiger partial charge is 0.270 e. The summed E-state index contributed by atoms with van der Waals surface area (Å²) in [6, 6.07) is 13.4. The third-order valence-electron chi connectivity index (χ3n) is 5.20. The van der Waals surface area contributed by atoms with Crippen LogP contribution in [0.25, 0.3) is 21.8 Å². The Kier molecular flexibility index (Phi) is 6.26. The van der Waals surface area contributed by atoms with E-state index in [2.05, 4.69) is 23.6 Å². The molecule has 1 aromatic heterocycles. The van der Waals surface area contributed by atoms with Crippen molar-refractivity contribution in [3.63, 3.8) is 0 Å². The zero-order valence-corrected chi connectivity index (χ0v) is 15.6. The fourth-order valence-electron chi connectivity index (χ4n) is 3.80. The maximum Gasteiger partial charge on any atom is 0.270 e. The summed E-state index contributed by atoms with van der Waals surface area (Å²) in [5, 5.41) is 13.2. The van der Waals surface area contributed by atoms with E-state index in [1.807, 2.05) is 18.2 Å². The van der Waals surface area contributed by atoms with Crippen molar-refractivity contribution in [2.75, 3.05) is 0 Å². The summed E-state index contributed by atoms with van der Waals surface area (Å²) in [6.45, 7) is 3.22. The number of nitro groups is 1. The van der Waals surface area contributed by atoms with Gasteiger partial charge in [-0.25, -0.2) is 0 Å². The van der Waals surface area contributed by atoms with Crippen LogP contribution in [0.3, 0.4) is 0 Å². The molecule has 0 atom stereocenters. The summed E-state index contributed by atoms with van der Waals surface area (Å²) < 4.78 is 2.32. The lowest BCUT2D eigenvalue weighted by Crippen LogP contribution is -1.98. The van der Waals surface area contributed by atoms with Crippen molar-refractivity contribution < 1.29 is 4.92 Å². The van der Waals surface area contributed by atoms with E-state index in [4.69, 9.17) is 0 Å². The van der Waals surface area contributed by atoms with Gasteiger partial charge >= 0.3 is 0 Å². The van der Waals surface area contributed by atoms with Crippen molar-refractivity contribution in [2.24, 2.45) is 0 Å². The summed E-state index contributed by atoms with van der Waals surface area (Å²) in [4.78, 5) is 10.8. The molecule has 138 valence electrons. The number of fused-ring (bicyclic) bond motifs is 3. The molecule has 2 aromatic carbocycles. The second-order valence-corrected chi connectivity index (χ2v) is 7.10. The molecule has 0 aliphatic heterocycles. The molecule has 0 aliphatic rings. The van der Waals surface area contributed by atoms with E-state index in [9.17, 15) is 10.1 Å². The number of aromatic nitrogens is 1. The summed E-state index contributed by atoms with van der Waals surface area (Å²) in [5.74, 6) is 0. The lowest BCUT2D eigenvalue weighted by molar-refractivity contribution is -0.384. The van der Waals surface area contributed by atoms with Gasteiger partial charge in [0.2, 0.25) is 0 Å². The number of nitro benzene ring substituents is 1. The molecule has 0 N–H and O–H groups in total. The Balaban J connectivity index is 1.72. The molecule has 0 saturated heterocycles. The summed E-state index contributed by atoms with van der Waals surface area (Å²) in [5.41, 5.74) is 2.43. The third kappa shape index (κ3) is 4.06. The fourth-order valence-corrected chi connectivity index (χ4v) is 3.80. The summed E-state index contributed by atoms with van der Waals surface area (Å²) in [6.07, 6.45) is 10.4. The normalized spacial score (nSPS) is 11.4. The Bertz CT molecular complexity index is 882. The van der Waals surface area contributed by atoms with Gasteiger partial charge in [0.05, 0.1) is 4.92 Å². The standard InChI is InChI=1S/C22H28N2O2/c1-2-3-4-5-6-7-8-11-16-23-21-13-10-9-12-19(21)20-17-18(24(25)26)14-15-22(20)23/h9-10,12-15,17H,2-8,11,16H2,1H3. The van der Waals surface area contributed by atoms with Crippen molar-refractivity contribution in [1.29, 1.82) is 0 Å². The van der Waals surface area contributed by atoms with Crippen LogP contribution in [0.1, 0.15) is 58.3 Å². The average molecular weight is 352 g/mol. The molecule has 4 nitrogen and oxygen atoms in total. The maximum atomic E-state index is 11.1. The molecule has 0 bridgehead atoms. The van der Waals surface area contributed by atoms with Crippen LogP contribution in [0.2, 0.25) is 0 Å². The SMILES string of the molecule is CCCCCCCCCCn1c2ccccc2c2cc([N+](=O)[O-])ccc21. The third-order valence-corrected chi connectivity index (χ3v) is 5.20. The minimum Gasteiger partial charge on any atom is -0.340 e. The predicted octanol–water partition coefficient (Wildman–Crippen LogP) is 6.84. The molecular formula is C22H28N2O2. The first kappa shape index (κ1) is 18.4. The van der Waals surface area contributed by atoms with E-state index in [1.54, 1.807) is 12.1 Å². The molecule has 26 heavy (non-hydrogen) atoms. The minimum absolute atomic E-state index is 0.160. The number of rotatable bonds is 10. The van der Waals surface area contributed by atoms with Gasteiger partial charge in [0.25, 0.3) is 5.69 Å². The molecule has 0 fully saturated rings. The van der Waals surface area contributed by atoms with E-state index in [0.29, 0.717) is 0 Å². The minimum atomic E-state index is -0.315. The van der Waals surface area contributed by atoms with Crippen LogP contribution in [0.15, 0.2) is 42.5 Å². The Morgan fingerprint density at radius 1 is 0.846 bits per heavy atom. The van der Waals surface area contributed by atoms with Crippen LogP contribution in [0, 0.1) is 10.1 Å². The number of para-hydroxylation sites is 1. The van der Waals surface area contributed by atoms with Crippen molar-refractivity contribution in [3.05, 3.63) is 52.6 Å². The van der Waals surface area contributed by atoms with Gasteiger partial charge in [-0.1, -0.05) is 70.1 Å². The number of hydrogen-bond donors (Lipinski definition) is 0. The van der Waals surface area contributed by atoms with Crippen LogP contribution in [-0.2, 0) is 6.54 Å². The average Bonchev–Trinajstić information content (AvgIpc) is 2.97. The fraction of sp³-hybridized carbons (Fsp3) is 0.455. The van der Waals surface area contributed by atoms with Gasteiger partial charge in [0.1, 0.15) is 0 Å². The first-order chi connectivity index (χ1) is 12.7. The van der Waals surface area contributed by atoms with E-state index in [0.717, 1.165) is 29.3 Å². The molecular weight excluding hydrogens is 324 g/mol. The number of benzene rings is 2. The van der Waals surface area contributed by atoms with Crippen molar-refractivity contribution in [3.8, 4) is 0 Å². The van der Waals surface area contributed by atoms with E-state index in [1.165, 1.54) is 50.5 Å². The molecule has 3 aromatic rings. The van der Waals surface area contributed by atoms with Gasteiger partial charge in [0.15, 0.2) is 0 Å². The van der Waals surface area contributed by atoms with E-state index >= 15 is 0 Å². The van der Waals surface area contributed by atoms with Crippen molar-refractivity contribution in [2.45, 2.75) is 64.8 Å². The molecule has 0 spiro atoms. The zero-order valence-electron chi connectivity index (χ0n) is 15.6. The Morgan fingerprint density at radius 3 is 2.23 bits per heavy atom. The molecule has 1 heterocycles. The zero-order chi connectivity index (χ0) is 18.4. The Labute approximate surface area is 155 Å². The van der Waals surface area contributed by atoms with Gasteiger partial charge in [-0.3, -0.25) is 10.1 Å². The van der Waals surface area contributed by atoms with Crippen LogP contribution >= 0.6 is 0 Å². The molecule has 0 aliphatic carbocycles. The molecule has 0 unspecified atom stereocenters. The second-order valence-electron chi connectivity index (χ2n) is 7.10. The second kappa shape index (κ2) is 8.84. The van der Waals surface area contributed by atoms with Gasteiger partial charge in [-0.2, -0.15) is 0 Å². The summed E-state index contributed by atoms with van der Waals surface area (Å²) >= 11 is 0. The van der Waals surface area contributed by atoms with Gasteiger partial charge in [0, 0.05) is 40.5 Å². The first-order valence-corrected chi connectivity index (χ1v) is 9.87. The lowest BCUT2D eigenvalue weighted by atomic mass is 10.1. The lowest BCUT2D eigenvalue weighted by Gasteiger charge is -2.07. The Hall–Kier alpha value is -2.36. The highest BCUT2D eigenvalue weighted by Gasteiger charge is 2.14. The highest BCUT2D eigenvalue weighted by atomic mass is 16.6. The van der Waals surface area contributed by atoms with Crippen molar-refractivity contribution >= 4 is 27.5 Å². The van der Waals surface area contributed by atoms with Crippen molar-refractivity contribution in [1.82, 2.24) is 4.57 Å². The van der Waals surface area contributed by atoms with E-state index in [-0.39, 0.29) is 10.6 Å². The molecule has 0 radical (unpaired) electrons. The molecule has 0 saturated carbocycles. The highest BCUT2D eigenvalue weighted by Crippen LogP contribution is 2.32. The van der Waals surface area contributed by atoms with Crippen LogP contribution < -0.4 is 0 Å². The monoisotopic (exact) mass is 352 g/mol. The van der Waals surface area contributed by atoms with Gasteiger partial charge in [-0.15, -0.1) is 0 Å². The number of hydrogen-bond acceptors (Lipinski definition) is 2. The molecule has 4 heteroatoms. The number of unbranched alkanes of at least 4 members (excludes halogenated alkanes) is 7. The quantitative estimate of drug-likeness (QED) is 0.228. The van der Waals surface area contributed by atoms with Crippen LogP contribution in [0.5, 0.6) is 0 Å². The van der Waals surface area contributed by atoms with Crippen LogP contribution in [-0.4, -0.2) is 9.49 Å². The molecule has 0 amide bonds. The van der Waals surface area contributed by atoms with Gasteiger partial charge in [-0.05, 0) is 18.6 Å². The topological polar surface area (TPSA) is 48.1 Å². The number of aryl methyl sites for hydroxylation is 1. The van der Waals surface area contributed by atoms with Crippen LogP contribution in [0.4, 0.5) is 5.69 Å². The van der Waals surface area contributed by atoms with Gasteiger partial charge < -0.3 is 4.57 Å². The Morgan fingerprint density at radius 2 is 1.50 bits per heavy atom. The molecule has 3 rings (SSSR count). The highest BCUT2D eigenvalue weighted by molar-refractivity contribution is 6.08. The largest absolute Gasteiger partial charge is 0.340 e.